The maximum absolute atomic E-state index is 11.2. The van der Waals surface area contributed by atoms with E-state index in [0.29, 0.717) is 24.1 Å². The molecule has 0 unspecified atom stereocenters. The molecule has 0 spiro atoms. The maximum Gasteiger partial charge on any atom is 0.346 e. The fraction of sp³-hybridized carbons (Fsp3) is 0.147. The summed E-state index contributed by atoms with van der Waals surface area (Å²) < 4.78 is 12.4. The highest BCUT2D eigenvalue weighted by atomic mass is 16.6. The number of aryl methyl sites for hydroxylation is 2. The van der Waals surface area contributed by atoms with Crippen LogP contribution in [0.3, 0.4) is 0 Å². The van der Waals surface area contributed by atoms with Crippen molar-refractivity contribution in [1.82, 2.24) is 24.6 Å². The molecule has 6 rings (SSSR count). The molecule has 5 N–H and O–H groups in total. The number of nitrogens with zero attached hydrogens (tertiary/aromatic N) is 8. The number of non-ortho nitro benzene ring substituents is 1. The summed E-state index contributed by atoms with van der Waals surface area (Å²) in [5, 5.41) is 44.5. The van der Waals surface area contributed by atoms with Crippen molar-refractivity contribution in [2.24, 2.45) is 0 Å². The standard InChI is InChI=1S/C13H10N4O2.C8H11N3O2.C7H9NO.C6H4N2O5/c1-8-9(4-2-6-14-8)11-15-12-10(13(18)19)5-3-7-17(12)16-11;1-2-13-8(12)6-4-3-5-11(10)7(6)9;1-6-7(9-2)4-3-5-8-6;9-6-2-1-4(7(10)11)3-5(6)8(12)13/h2-7H,1H3,(H,18,19);3-5,9H,2,10H2,1H3;3-5H,1-2H3;1-3,9H. The van der Waals surface area contributed by atoms with Crippen LogP contribution >= 0.6 is 0 Å². The molecular weight excluding hydrogens is 708 g/mol. The summed E-state index contributed by atoms with van der Waals surface area (Å²) in [6, 6.07) is 16.1. The van der Waals surface area contributed by atoms with Gasteiger partial charge in [-0.3, -0.25) is 41.8 Å². The van der Waals surface area contributed by atoms with Gasteiger partial charge < -0.3 is 19.7 Å². The Morgan fingerprint density at radius 2 is 1.61 bits per heavy atom. The zero-order valence-electron chi connectivity index (χ0n) is 29.2. The molecule has 0 amide bonds. The fourth-order valence-electron chi connectivity index (χ4n) is 4.27. The monoisotopic (exact) mass is 742 g/mol. The second-order valence-electron chi connectivity index (χ2n) is 10.5. The molecule has 5 aromatic heterocycles. The van der Waals surface area contributed by atoms with E-state index >= 15 is 0 Å². The number of fused-ring (bicyclic) bond motifs is 1. The summed E-state index contributed by atoms with van der Waals surface area (Å²) >= 11 is 0. The number of carboxylic acids is 1. The Morgan fingerprint density at radius 1 is 0.944 bits per heavy atom. The number of nitro groups is 2. The van der Waals surface area contributed by atoms with E-state index in [1.54, 1.807) is 63.1 Å². The van der Waals surface area contributed by atoms with E-state index < -0.39 is 38.9 Å². The number of hydrogen-bond acceptors (Lipinski definition) is 15. The zero-order valence-corrected chi connectivity index (χ0v) is 29.2. The normalized spacial score (nSPS) is 9.93. The van der Waals surface area contributed by atoms with Gasteiger partial charge in [0.1, 0.15) is 17.5 Å². The number of carboxylic acid groups (broad SMARTS) is 1. The predicted molar refractivity (Wildman–Crippen MR) is 190 cm³/mol. The van der Waals surface area contributed by atoms with Crippen molar-refractivity contribution < 1.29 is 43.8 Å². The number of carbonyl (C=O) groups is 2. The van der Waals surface area contributed by atoms with Gasteiger partial charge in [0.2, 0.25) is 0 Å². The van der Waals surface area contributed by atoms with Crippen LogP contribution in [0.15, 0.2) is 91.5 Å². The molecular formula is C34H34N10O10. The molecule has 20 nitrogen and oxygen atoms in total. The molecule has 6 aromatic rings. The smallest absolute Gasteiger partial charge is 0.346 e. The van der Waals surface area contributed by atoms with E-state index in [-0.39, 0.29) is 16.9 Å². The van der Waals surface area contributed by atoms with Gasteiger partial charge in [-0.15, -0.1) is 9.77 Å². The molecule has 0 radical (unpaired) electrons. The summed E-state index contributed by atoms with van der Waals surface area (Å²) in [6.07, 6.45) is 6.66. The molecule has 20 heteroatoms. The Kier molecular flexibility index (Phi) is 14.3. The molecule has 1 aromatic carbocycles. The molecule has 0 saturated carbocycles. The summed E-state index contributed by atoms with van der Waals surface area (Å²) in [6.45, 7) is 5.82. The van der Waals surface area contributed by atoms with Crippen LogP contribution in [0, 0.1) is 34.1 Å². The Hall–Kier alpha value is -7.77. The van der Waals surface area contributed by atoms with Crippen LogP contribution in [0.2, 0.25) is 0 Å². The number of anilines is 1. The summed E-state index contributed by atoms with van der Waals surface area (Å²) in [5.41, 5.74) is 7.57. The number of nitrogens with two attached hydrogens (primary N) is 2. The number of methoxy groups -OCH3 is 1. The lowest BCUT2D eigenvalue weighted by Crippen LogP contribution is -2.47. The molecule has 0 atom stereocenters. The van der Waals surface area contributed by atoms with Gasteiger partial charge in [-0.25, -0.2) is 19.1 Å². The van der Waals surface area contributed by atoms with E-state index in [1.165, 1.54) is 15.3 Å². The van der Waals surface area contributed by atoms with Crippen LogP contribution in [-0.2, 0) is 4.74 Å². The summed E-state index contributed by atoms with van der Waals surface area (Å²) in [5.74, 6) is 4.63. The van der Waals surface area contributed by atoms with Crippen molar-refractivity contribution in [1.29, 1.82) is 0 Å². The van der Waals surface area contributed by atoms with Gasteiger partial charge in [-0.1, -0.05) is 6.07 Å². The van der Waals surface area contributed by atoms with Crippen LogP contribution < -0.4 is 26.1 Å². The number of aromatic carboxylic acids is 1. The van der Waals surface area contributed by atoms with Gasteiger partial charge in [-0.05, 0) is 75.1 Å². The third-order valence-corrected chi connectivity index (χ3v) is 6.93. The number of nitrogen functional groups attached to an aromatic ring is 2. The zero-order chi connectivity index (χ0) is 39.9. The van der Waals surface area contributed by atoms with E-state index in [1.807, 2.05) is 32.0 Å². The minimum atomic E-state index is -1.02. The van der Waals surface area contributed by atoms with Crippen LogP contribution in [0.4, 0.5) is 17.2 Å². The van der Waals surface area contributed by atoms with Crippen molar-refractivity contribution in [3.05, 3.63) is 134 Å². The number of aromatic nitrogens is 6. The fourth-order valence-corrected chi connectivity index (χ4v) is 4.27. The summed E-state index contributed by atoms with van der Waals surface area (Å²) in [7, 11) is 1.64. The van der Waals surface area contributed by atoms with Gasteiger partial charge >= 0.3 is 17.8 Å². The summed E-state index contributed by atoms with van der Waals surface area (Å²) in [4.78, 5) is 53.5. The number of carbonyl (C=O) groups excluding carboxylic acids is 1. The predicted octanol–water partition coefficient (Wildman–Crippen LogP) is 3.22. The third kappa shape index (κ3) is 10.6. The van der Waals surface area contributed by atoms with Gasteiger partial charge in [0.15, 0.2) is 17.0 Å². The third-order valence-electron chi connectivity index (χ3n) is 6.93. The van der Waals surface area contributed by atoms with Gasteiger partial charge in [0.25, 0.3) is 11.4 Å². The molecule has 0 aliphatic rings. The number of benzene rings is 1. The molecule has 0 aliphatic carbocycles. The van der Waals surface area contributed by atoms with Gasteiger partial charge in [0, 0.05) is 35.9 Å². The average molecular weight is 743 g/mol. The number of hydrogen-bond donors (Lipinski definition) is 3. The molecule has 0 bridgehead atoms. The van der Waals surface area contributed by atoms with E-state index in [0.717, 1.165) is 34.8 Å². The molecule has 0 aliphatic heterocycles. The lowest BCUT2D eigenvalue weighted by atomic mass is 10.2. The van der Waals surface area contributed by atoms with Crippen molar-refractivity contribution in [2.75, 3.05) is 25.3 Å². The number of ether oxygens (including phenoxy) is 2. The maximum atomic E-state index is 11.2. The van der Waals surface area contributed by atoms with Crippen molar-refractivity contribution in [3.63, 3.8) is 0 Å². The SMILES string of the molecule is CCOC(=O)c1ccc[n+](N)c1N.COc1cccnc1C.Cc1ncccc1-c1nc2c(C(=O)O)cccn2n1.O=[N+]([O-])c1ccc([O-])c([N+](=O)[O-])c1. The largest absolute Gasteiger partial charge is 0.868 e. The van der Waals surface area contributed by atoms with E-state index in [4.69, 9.17) is 26.2 Å². The van der Waals surface area contributed by atoms with Gasteiger partial charge in [0.05, 0.1) is 35.3 Å². The molecule has 5 heterocycles. The lowest BCUT2D eigenvalue weighted by molar-refractivity contribution is -0.623. The highest BCUT2D eigenvalue weighted by Crippen LogP contribution is 2.27. The quantitative estimate of drug-likeness (QED) is 0.0695. The molecule has 0 saturated heterocycles. The molecule has 280 valence electrons. The number of esters is 1. The van der Waals surface area contributed by atoms with Crippen LogP contribution in [0.25, 0.3) is 17.0 Å². The Labute approximate surface area is 306 Å². The Bertz CT molecular complexity index is 2280. The van der Waals surface area contributed by atoms with Crippen molar-refractivity contribution in [2.45, 2.75) is 20.8 Å². The first kappa shape index (κ1) is 40.7. The first-order valence-corrected chi connectivity index (χ1v) is 15.5. The number of nitro benzene ring substituents is 2. The second kappa shape index (κ2) is 19.0. The highest BCUT2D eigenvalue weighted by Gasteiger charge is 2.18. The minimum absolute atomic E-state index is 0.128. The van der Waals surface area contributed by atoms with Crippen molar-refractivity contribution in [3.8, 4) is 22.9 Å². The number of rotatable bonds is 7. The van der Waals surface area contributed by atoms with Crippen LogP contribution in [-0.4, -0.2) is 65.2 Å². The first-order chi connectivity index (χ1) is 25.7. The molecule has 0 fully saturated rings. The first-order valence-electron chi connectivity index (χ1n) is 15.5. The number of pyridine rings is 4. The Morgan fingerprint density at radius 3 is 2.19 bits per heavy atom. The van der Waals surface area contributed by atoms with E-state index in [9.17, 15) is 34.9 Å². The lowest BCUT2D eigenvalue weighted by Gasteiger charge is -2.03. The highest BCUT2D eigenvalue weighted by molar-refractivity contribution is 5.94. The second-order valence-corrected chi connectivity index (χ2v) is 10.5. The van der Waals surface area contributed by atoms with Crippen LogP contribution in [0.1, 0.15) is 39.0 Å². The Balaban J connectivity index is 0.000000201. The van der Waals surface area contributed by atoms with Gasteiger partial charge in [-0.2, -0.15) is 0 Å². The topological polar surface area (TPSA) is 294 Å². The van der Waals surface area contributed by atoms with Crippen molar-refractivity contribution >= 4 is 34.8 Å². The minimum Gasteiger partial charge on any atom is -0.868 e. The average Bonchev–Trinajstić information content (AvgIpc) is 3.58. The van der Waals surface area contributed by atoms with Crippen LogP contribution in [0.5, 0.6) is 11.5 Å². The molecule has 54 heavy (non-hydrogen) atoms. The van der Waals surface area contributed by atoms with E-state index in [2.05, 4.69) is 20.1 Å².